The molecule has 1 atom stereocenters. The molecule has 4 nitrogen and oxygen atoms in total. The first kappa shape index (κ1) is 14.2. The number of aliphatic carboxylic acids is 1. The molecule has 0 saturated carbocycles. The molecule has 0 radical (unpaired) electrons. The van der Waals surface area contributed by atoms with E-state index in [0.29, 0.717) is 0 Å². The van der Waals surface area contributed by atoms with Gasteiger partial charge in [0, 0.05) is 5.54 Å². The van der Waals surface area contributed by atoms with Crippen LogP contribution >= 0.6 is 0 Å². The second-order valence-electron chi connectivity index (χ2n) is 6.66. The Bertz CT molecular complexity index is 370. The molecule has 1 amide bonds. The molecule has 0 bridgehead atoms. The Balaban J connectivity index is 3.43. The number of amides is 1. The van der Waals surface area contributed by atoms with Gasteiger partial charge in [0.15, 0.2) is 0 Å². The lowest BCUT2D eigenvalue weighted by molar-refractivity contribution is -0.199. The minimum atomic E-state index is -1.59. The van der Waals surface area contributed by atoms with Crippen LogP contribution in [0.4, 0.5) is 0 Å². The van der Waals surface area contributed by atoms with Crippen LogP contribution in [0.5, 0.6) is 0 Å². The van der Waals surface area contributed by atoms with Gasteiger partial charge in [-0.3, -0.25) is 9.59 Å². The Hall–Kier alpha value is -0.843. The Morgan fingerprint density at radius 2 is 1.71 bits per heavy atom. The minimum absolute atomic E-state index is 0.0476. The molecule has 1 aliphatic heterocycles. The zero-order chi connectivity index (χ0) is 13.8. The summed E-state index contributed by atoms with van der Waals surface area (Å²) >= 11 is 0. The summed E-state index contributed by atoms with van der Waals surface area (Å²) in [5.74, 6) is -0.896. The van der Waals surface area contributed by atoms with E-state index in [0.717, 1.165) is 0 Å². The predicted molar refractivity (Wildman–Crippen MR) is 69.6 cm³/mol. The fourth-order valence-corrected chi connectivity index (χ4v) is 6.33. The molecule has 1 aliphatic rings. The fourth-order valence-electron chi connectivity index (χ4n) is 3.25. The average Bonchev–Trinajstić information content (AvgIpc) is 2.08. The summed E-state index contributed by atoms with van der Waals surface area (Å²) in [4.78, 5) is 25.6. The zero-order valence-electron chi connectivity index (χ0n) is 11.8. The van der Waals surface area contributed by atoms with Crippen molar-refractivity contribution in [2.45, 2.75) is 58.4 Å². The Labute approximate surface area is 105 Å². The second kappa shape index (κ2) is 3.57. The average molecular weight is 257 g/mol. The van der Waals surface area contributed by atoms with Crippen molar-refractivity contribution in [2.75, 3.05) is 0 Å². The fraction of sp³-hybridized carbons (Fsp3) is 0.833. The van der Waals surface area contributed by atoms with E-state index in [4.69, 9.17) is 0 Å². The van der Waals surface area contributed by atoms with E-state index in [1.54, 1.807) is 18.7 Å². The third-order valence-corrected chi connectivity index (χ3v) is 6.77. The van der Waals surface area contributed by atoms with Crippen LogP contribution in [0.3, 0.4) is 0 Å². The molecule has 0 aromatic carbocycles. The third-order valence-electron chi connectivity index (χ3n) is 3.88. The third kappa shape index (κ3) is 1.48. The van der Waals surface area contributed by atoms with Gasteiger partial charge in [0.2, 0.25) is 5.91 Å². The highest BCUT2D eigenvalue weighted by Gasteiger charge is 2.73. The molecule has 5 heteroatoms. The maximum Gasteiger partial charge on any atom is 0.326 e. The van der Waals surface area contributed by atoms with Gasteiger partial charge in [-0.1, -0.05) is 13.1 Å². The molecule has 0 aromatic rings. The lowest BCUT2D eigenvalue weighted by Crippen LogP contribution is -2.86. The molecule has 1 fully saturated rings. The SMILES string of the molecule is C[SiH](C)C1(C(=O)O)N(C(C)(C)C)C(=O)C1(C)C. The first-order valence-electron chi connectivity index (χ1n) is 6.00. The number of nitrogens with zero attached hydrogens (tertiary/aromatic N) is 1. The van der Waals surface area contributed by atoms with Crippen molar-refractivity contribution in [3.05, 3.63) is 0 Å². The summed E-state index contributed by atoms with van der Waals surface area (Å²) in [5.41, 5.74) is -1.23. The first-order chi connectivity index (χ1) is 7.41. The minimum Gasteiger partial charge on any atom is -0.480 e. The van der Waals surface area contributed by atoms with Gasteiger partial charge < -0.3 is 10.0 Å². The molecule has 17 heavy (non-hydrogen) atoms. The topological polar surface area (TPSA) is 57.6 Å². The van der Waals surface area contributed by atoms with Crippen LogP contribution in [0, 0.1) is 5.41 Å². The highest BCUT2D eigenvalue weighted by molar-refractivity contribution is 6.66. The highest BCUT2D eigenvalue weighted by Crippen LogP contribution is 2.53. The van der Waals surface area contributed by atoms with Crippen molar-refractivity contribution in [1.82, 2.24) is 4.90 Å². The summed E-state index contributed by atoms with van der Waals surface area (Å²) in [6.45, 7) is 13.2. The van der Waals surface area contributed by atoms with Crippen molar-refractivity contribution < 1.29 is 14.7 Å². The number of hydrogen-bond acceptors (Lipinski definition) is 2. The lowest BCUT2D eigenvalue weighted by atomic mass is 9.70. The predicted octanol–water partition coefficient (Wildman–Crippen LogP) is 1.50. The van der Waals surface area contributed by atoms with E-state index in [-0.39, 0.29) is 5.91 Å². The molecular formula is C12H23NO3Si. The lowest BCUT2D eigenvalue weighted by Gasteiger charge is -2.66. The molecule has 98 valence electrons. The van der Waals surface area contributed by atoms with E-state index in [9.17, 15) is 14.7 Å². The van der Waals surface area contributed by atoms with Gasteiger partial charge in [-0.05, 0) is 34.6 Å². The summed E-state index contributed by atoms with van der Waals surface area (Å²) < 4.78 is 0. The Morgan fingerprint density at radius 3 is 1.88 bits per heavy atom. The second-order valence-corrected chi connectivity index (χ2v) is 9.81. The highest BCUT2D eigenvalue weighted by atomic mass is 28.3. The standard InChI is InChI=1S/C12H23NO3Si/c1-10(2,3)13-8(14)11(4,5)12(13,9(15)16)17(6)7/h17H,1-7H3,(H,15,16). The molecule has 1 unspecified atom stereocenters. The van der Waals surface area contributed by atoms with Gasteiger partial charge in [0.05, 0.1) is 14.2 Å². The van der Waals surface area contributed by atoms with Gasteiger partial charge in [0.1, 0.15) is 5.16 Å². The van der Waals surface area contributed by atoms with Crippen molar-refractivity contribution >= 4 is 20.7 Å². The number of carboxylic acids is 1. The van der Waals surface area contributed by atoms with Crippen molar-refractivity contribution in [2.24, 2.45) is 5.41 Å². The Kier molecular flexibility index (Phi) is 2.99. The van der Waals surface area contributed by atoms with E-state index in [2.05, 4.69) is 0 Å². The number of carbonyl (C=O) groups is 2. The monoisotopic (exact) mass is 257 g/mol. The number of hydrogen-bond donors (Lipinski definition) is 1. The summed E-state index contributed by atoms with van der Waals surface area (Å²) in [6, 6.07) is 0. The molecule has 0 aromatic heterocycles. The molecule has 1 saturated heterocycles. The maximum atomic E-state index is 12.2. The summed E-state index contributed by atoms with van der Waals surface area (Å²) in [5, 5.41) is 8.71. The van der Waals surface area contributed by atoms with E-state index in [1.165, 1.54) is 0 Å². The molecule has 0 aliphatic carbocycles. The van der Waals surface area contributed by atoms with Gasteiger partial charge in [-0.25, -0.2) is 0 Å². The number of rotatable bonds is 2. The van der Waals surface area contributed by atoms with Crippen LogP contribution < -0.4 is 0 Å². The van der Waals surface area contributed by atoms with Crippen molar-refractivity contribution in [3.8, 4) is 0 Å². The van der Waals surface area contributed by atoms with Crippen molar-refractivity contribution in [3.63, 3.8) is 0 Å². The van der Waals surface area contributed by atoms with Gasteiger partial charge in [-0.2, -0.15) is 0 Å². The van der Waals surface area contributed by atoms with Gasteiger partial charge in [0.25, 0.3) is 0 Å². The summed E-state index contributed by atoms with van der Waals surface area (Å²) in [6.07, 6.45) is 0. The van der Waals surface area contributed by atoms with Gasteiger partial charge >= 0.3 is 5.97 Å². The van der Waals surface area contributed by atoms with Crippen LogP contribution in [0.1, 0.15) is 34.6 Å². The quantitative estimate of drug-likeness (QED) is 0.602. The molecule has 1 N–H and O–H groups in total. The van der Waals surface area contributed by atoms with E-state index < -0.39 is 30.9 Å². The normalized spacial score (nSPS) is 28.2. The number of β-lactam (4-membered cyclic amide) rings is 1. The van der Waals surface area contributed by atoms with Gasteiger partial charge in [-0.15, -0.1) is 0 Å². The molecule has 1 rings (SSSR count). The van der Waals surface area contributed by atoms with Crippen LogP contribution in [0.15, 0.2) is 0 Å². The van der Waals surface area contributed by atoms with Crippen LogP contribution in [0.25, 0.3) is 0 Å². The number of carboxylic acid groups (broad SMARTS) is 1. The zero-order valence-corrected chi connectivity index (χ0v) is 12.9. The van der Waals surface area contributed by atoms with E-state index >= 15 is 0 Å². The molecular weight excluding hydrogens is 234 g/mol. The largest absolute Gasteiger partial charge is 0.480 e. The van der Waals surface area contributed by atoms with E-state index in [1.807, 2.05) is 33.9 Å². The first-order valence-corrected chi connectivity index (χ1v) is 8.88. The molecule has 0 spiro atoms. The number of likely N-dealkylation sites (tertiary alicyclic amines) is 1. The smallest absolute Gasteiger partial charge is 0.326 e. The van der Waals surface area contributed by atoms with Crippen LogP contribution in [-0.4, -0.2) is 41.4 Å². The Morgan fingerprint density at radius 1 is 1.29 bits per heavy atom. The van der Waals surface area contributed by atoms with Crippen LogP contribution in [-0.2, 0) is 9.59 Å². The summed E-state index contributed by atoms with van der Waals surface area (Å²) in [7, 11) is -1.59. The van der Waals surface area contributed by atoms with Crippen molar-refractivity contribution in [1.29, 1.82) is 0 Å². The van der Waals surface area contributed by atoms with Crippen LogP contribution in [0.2, 0.25) is 13.1 Å². The maximum absolute atomic E-state index is 12.2. The molecule has 1 heterocycles. The number of carbonyl (C=O) groups excluding carboxylic acids is 1.